The Morgan fingerprint density at radius 3 is 1.43 bits per heavy atom. The van der Waals surface area contributed by atoms with E-state index in [2.05, 4.69) is 108 Å². The number of benzene rings is 4. The van der Waals surface area contributed by atoms with E-state index < -0.39 is 13.5 Å². The van der Waals surface area contributed by atoms with Crippen LogP contribution in [-0.2, 0) is 13.5 Å². The maximum atomic E-state index is 5.94. The van der Waals surface area contributed by atoms with E-state index in [0.29, 0.717) is 23.7 Å². The van der Waals surface area contributed by atoms with Crippen LogP contribution in [0.1, 0.15) is 107 Å². The van der Waals surface area contributed by atoms with E-state index in [4.69, 9.17) is 28.9 Å². The second kappa shape index (κ2) is 16.7. The van der Waals surface area contributed by atoms with Gasteiger partial charge in [-0.2, -0.15) is 0 Å². The molecule has 1 heterocycles. The molecule has 0 aliphatic carbocycles. The summed E-state index contributed by atoms with van der Waals surface area (Å²) >= 11 is -1.91. The summed E-state index contributed by atoms with van der Waals surface area (Å²) in [7, 11) is 15.2. The van der Waals surface area contributed by atoms with Crippen molar-refractivity contribution in [3.8, 4) is 11.5 Å². The SMILES string of the molecule is CC(C)c1cccc(C(C)C)c1N1[C]N(c2c(C(C)C)cccc2C(C)C)CC1.COc1cc([CH]=[Ru]([Cl])[Cl])c(OC)c2ccccc12. The normalized spacial score (nSPS) is 13.5. The van der Waals surface area contributed by atoms with Gasteiger partial charge in [-0.1, -0.05) is 91.8 Å². The molecule has 0 atom stereocenters. The number of hydrogen-bond acceptors (Lipinski definition) is 4. The molecule has 0 amide bonds. The number of para-hydroxylation sites is 2. The summed E-state index contributed by atoms with van der Waals surface area (Å²) in [6.07, 6.45) is 0. The molecule has 0 saturated carbocycles. The van der Waals surface area contributed by atoms with Gasteiger partial charge in [0.05, 0.1) is 0 Å². The predicted molar refractivity (Wildman–Crippen MR) is 201 cm³/mol. The van der Waals surface area contributed by atoms with Crippen LogP contribution in [0.25, 0.3) is 10.8 Å². The van der Waals surface area contributed by atoms with Crippen molar-refractivity contribution in [1.82, 2.24) is 0 Å². The van der Waals surface area contributed by atoms with Gasteiger partial charge in [0.25, 0.3) is 0 Å². The van der Waals surface area contributed by atoms with Crippen molar-refractivity contribution in [2.75, 3.05) is 37.1 Å². The number of methoxy groups -OCH3 is 2. The molecule has 5 rings (SSSR count). The molecule has 1 aliphatic heterocycles. The molecule has 0 bridgehead atoms. The van der Waals surface area contributed by atoms with Crippen LogP contribution >= 0.6 is 19.4 Å². The Morgan fingerprint density at radius 2 is 1.06 bits per heavy atom. The third-order valence-corrected chi connectivity index (χ3v) is 10.4. The number of anilines is 2. The number of nitrogens with zero attached hydrogens (tertiary/aromatic N) is 2. The zero-order valence-corrected chi connectivity index (χ0v) is 32.7. The van der Waals surface area contributed by atoms with Crippen LogP contribution in [0, 0.1) is 6.67 Å². The molecule has 0 spiro atoms. The maximum absolute atomic E-state index is 5.94. The Kier molecular flexibility index (Phi) is 13.2. The van der Waals surface area contributed by atoms with Gasteiger partial charge in [0, 0.05) is 24.5 Å². The van der Waals surface area contributed by atoms with E-state index in [9.17, 15) is 0 Å². The van der Waals surface area contributed by atoms with E-state index >= 15 is 0 Å². The first-order chi connectivity index (χ1) is 22.4. The summed E-state index contributed by atoms with van der Waals surface area (Å²) in [5.41, 5.74) is 9.32. The number of fused-ring (bicyclic) bond motifs is 1. The van der Waals surface area contributed by atoms with Crippen molar-refractivity contribution < 1.29 is 23.0 Å². The van der Waals surface area contributed by atoms with Crippen LogP contribution in [-0.4, -0.2) is 31.9 Å². The van der Waals surface area contributed by atoms with Crippen molar-refractivity contribution in [3.63, 3.8) is 0 Å². The molecule has 1 fully saturated rings. The predicted octanol–water partition coefficient (Wildman–Crippen LogP) is 11.4. The molecule has 254 valence electrons. The van der Waals surface area contributed by atoms with Crippen LogP contribution in [0.15, 0.2) is 66.7 Å². The molecule has 4 aromatic rings. The fourth-order valence-electron chi connectivity index (χ4n) is 6.31. The van der Waals surface area contributed by atoms with E-state index in [-0.39, 0.29) is 0 Å². The molecule has 0 aromatic heterocycles. The Labute approximate surface area is 296 Å². The minimum atomic E-state index is -1.91. The molecule has 4 nitrogen and oxygen atoms in total. The minimum absolute atomic E-state index is 0.494. The molecular formula is C40H50Cl2N2O2Ru. The van der Waals surface area contributed by atoms with Crippen LogP contribution in [0.2, 0.25) is 0 Å². The number of ether oxygens (including phenoxy) is 2. The van der Waals surface area contributed by atoms with Gasteiger partial charge in [0.2, 0.25) is 6.67 Å². The Morgan fingerprint density at radius 1 is 0.638 bits per heavy atom. The Hall–Kier alpha value is -2.59. The molecule has 1 saturated heterocycles. The fourth-order valence-corrected chi connectivity index (χ4v) is 8.07. The third-order valence-electron chi connectivity index (χ3n) is 8.61. The van der Waals surface area contributed by atoms with Crippen LogP contribution in [0.5, 0.6) is 11.5 Å². The molecule has 47 heavy (non-hydrogen) atoms. The van der Waals surface area contributed by atoms with Crippen molar-refractivity contribution in [3.05, 3.63) is 101 Å². The summed E-state index contributed by atoms with van der Waals surface area (Å²) in [6, 6.07) is 23.4. The molecule has 0 N–H and O–H groups in total. The summed E-state index contributed by atoms with van der Waals surface area (Å²) < 4.78 is 12.7. The van der Waals surface area contributed by atoms with Gasteiger partial charge in [-0.3, -0.25) is 0 Å². The summed E-state index contributed by atoms with van der Waals surface area (Å²) in [5.74, 6) is 3.55. The molecule has 4 aromatic carbocycles. The molecule has 1 aliphatic rings. The summed E-state index contributed by atoms with van der Waals surface area (Å²) in [4.78, 5) is 4.76. The van der Waals surface area contributed by atoms with E-state index in [1.807, 2.05) is 34.9 Å². The number of rotatable bonds is 9. The van der Waals surface area contributed by atoms with Crippen molar-refractivity contribution >= 4 is 46.1 Å². The fraction of sp³-hybridized carbons (Fsp3) is 0.400. The Bertz CT molecular complexity index is 1570. The topological polar surface area (TPSA) is 24.9 Å². The molecule has 0 unspecified atom stereocenters. The van der Waals surface area contributed by atoms with Crippen LogP contribution in [0.4, 0.5) is 11.4 Å². The van der Waals surface area contributed by atoms with E-state index in [1.165, 1.54) is 33.6 Å². The standard InChI is InChI=1S/C27H38N2.C13H12O2.2ClH.Ru/c1-18(2)22-11-9-12-23(19(3)4)26(22)28-15-16-29(17-28)27-24(20(5)6)13-10-14-25(27)21(7)8;1-9-8-12(14-2)10-6-4-5-7-11(10)13(9)15-3;;;/h9-14,18-21H,15-16H2,1-8H3;1,4-8H,2-3H3;2*1H;/q;;;;+2/p-2. The zero-order valence-electron chi connectivity index (χ0n) is 29.5. The van der Waals surface area contributed by atoms with E-state index in [0.717, 1.165) is 40.9 Å². The van der Waals surface area contributed by atoms with Gasteiger partial charge in [-0.05, 0) is 45.9 Å². The second-order valence-corrected chi connectivity index (χ2v) is 18.9. The van der Waals surface area contributed by atoms with Gasteiger partial charge < -0.3 is 9.80 Å². The van der Waals surface area contributed by atoms with Gasteiger partial charge in [-0.15, -0.1) is 0 Å². The first kappa shape index (κ1) is 37.2. The second-order valence-electron chi connectivity index (χ2n) is 13.1. The zero-order chi connectivity index (χ0) is 34.4. The average molecular weight is 763 g/mol. The van der Waals surface area contributed by atoms with Crippen molar-refractivity contribution in [1.29, 1.82) is 0 Å². The molecule has 7 heteroatoms. The summed E-state index contributed by atoms with van der Waals surface area (Å²) in [5, 5.41) is 2.01. The first-order valence-corrected chi connectivity index (χ1v) is 21.9. The van der Waals surface area contributed by atoms with Crippen molar-refractivity contribution in [2.45, 2.75) is 79.1 Å². The average Bonchev–Trinajstić information content (AvgIpc) is 3.53. The number of halogens is 2. The van der Waals surface area contributed by atoms with E-state index in [1.54, 1.807) is 14.2 Å². The van der Waals surface area contributed by atoms with Gasteiger partial charge in [0.15, 0.2) is 0 Å². The molecular weight excluding hydrogens is 712 g/mol. The quantitative estimate of drug-likeness (QED) is 0.159. The Balaban J connectivity index is 0.000000238. The van der Waals surface area contributed by atoms with Crippen molar-refractivity contribution in [2.24, 2.45) is 0 Å². The van der Waals surface area contributed by atoms with Crippen LogP contribution < -0.4 is 19.3 Å². The summed E-state index contributed by atoms with van der Waals surface area (Å²) in [6.45, 7) is 24.1. The van der Waals surface area contributed by atoms with Gasteiger partial charge >= 0.3 is 119 Å². The molecule has 2 radical (unpaired) electrons. The van der Waals surface area contributed by atoms with Gasteiger partial charge in [0.1, 0.15) is 0 Å². The van der Waals surface area contributed by atoms with Gasteiger partial charge in [-0.25, -0.2) is 0 Å². The first-order valence-electron chi connectivity index (χ1n) is 16.4. The third kappa shape index (κ3) is 8.53. The van der Waals surface area contributed by atoms with Crippen LogP contribution in [0.3, 0.4) is 0 Å². The number of hydrogen-bond donors (Lipinski definition) is 0. The monoisotopic (exact) mass is 762 g/mol.